The number of amides is 1. The van der Waals surface area contributed by atoms with Crippen LogP contribution in [-0.4, -0.2) is 21.4 Å². The van der Waals surface area contributed by atoms with Gasteiger partial charge in [0.1, 0.15) is 6.54 Å². The molecule has 0 saturated heterocycles. The topological polar surface area (TPSA) is 83.1 Å². The van der Waals surface area contributed by atoms with Crippen LogP contribution in [0.4, 0.5) is 0 Å². The Bertz CT molecular complexity index is 750. The van der Waals surface area contributed by atoms with Crippen LogP contribution in [0.15, 0.2) is 35.4 Å². The van der Waals surface area contributed by atoms with Crippen molar-refractivity contribution in [1.82, 2.24) is 15.2 Å². The SMILES string of the molecule is C/C(=N\NC(=O)Cn1nc(C)cc1C)c1ccc(C#N)cc1. The summed E-state index contributed by atoms with van der Waals surface area (Å²) in [6, 6.07) is 11.0. The van der Waals surface area contributed by atoms with Crippen molar-refractivity contribution in [3.8, 4) is 6.07 Å². The number of benzene rings is 1. The molecule has 2 aromatic rings. The van der Waals surface area contributed by atoms with E-state index in [0.717, 1.165) is 17.0 Å². The first-order valence-corrected chi connectivity index (χ1v) is 6.84. The molecule has 0 radical (unpaired) electrons. The molecule has 2 rings (SSSR count). The van der Waals surface area contributed by atoms with Crippen molar-refractivity contribution in [2.24, 2.45) is 5.10 Å². The molecule has 1 N–H and O–H groups in total. The molecule has 1 amide bonds. The fourth-order valence-corrected chi connectivity index (χ4v) is 2.00. The molecule has 0 bridgehead atoms. The molecule has 0 aliphatic heterocycles. The summed E-state index contributed by atoms with van der Waals surface area (Å²) in [5.41, 5.74) is 6.44. The second-order valence-corrected chi connectivity index (χ2v) is 5.01. The van der Waals surface area contributed by atoms with E-state index in [4.69, 9.17) is 5.26 Å². The van der Waals surface area contributed by atoms with Gasteiger partial charge >= 0.3 is 0 Å². The Balaban J connectivity index is 1.99. The number of hydrogen-bond acceptors (Lipinski definition) is 4. The largest absolute Gasteiger partial charge is 0.271 e. The van der Waals surface area contributed by atoms with Crippen LogP contribution in [0.5, 0.6) is 0 Å². The molecule has 1 aromatic carbocycles. The van der Waals surface area contributed by atoms with Gasteiger partial charge < -0.3 is 0 Å². The van der Waals surface area contributed by atoms with Gasteiger partial charge in [0, 0.05) is 5.69 Å². The van der Waals surface area contributed by atoms with E-state index in [2.05, 4.69) is 21.7 Å². The maximum Gasteiger partial charge on any atom is 0.261 e. The van der Waals surface area contributed by atoms with Gasteiger partial charge in [-0.25, -0.2) is 5.43 Å². The summed E-state index contributed by atoms with van der Waals surface area (Å²) < 4.78 is 1.64. The summed E-state index contributed by atoms with van der Waals surface area (Å²) in [6.45, 7) is 5.71. The zero-order valence-electron chi connectivity index (χ0n) is 12.8. The molecule has 22 heavy (non-hydrogen) atoms. The van der Waals surface area contributed by atoms with Gasteiger partial charge in [-0.1, -0.05) is 12.1 Å². The first-order valence-electron chi connectivity index (χ1n) is 6.84. The Labute approximate surface area is 129 Å². The van der Waals surface area contributed by atoms with Crippen molar-refractivity contribution in [1.29, 1.82) is 5.26 Å². The van der Waals surface area contributed by atoms with E-state index in [0.29, 0.717) is 11.3 Å². The number of hydrazone groups is 1. The minimum absolute atomic E-state index is 0.129. The maximum absolute atomic E-state index is 11.9. The lowest BCUT2D eigenvalue weighted by Gasteiger charge is -2.05. The molecule has 0 unspecified atom stereocenters. The number of nitrogens with zero attached hydrogens (tertiary/aromatic N) is 4. The van der Waals surface area contributed by atoms with Gasteiger partial charge in [-0.15, -0.1) is 0 Å². The third-order valence-corrected chi connectivity index (χ3v) is 3.18. The quantitative estimate of drug-likeness (QED) is 0.691. The molecule has 0 aliphatic carbocycles. The Kier molecular flexibility index (Phi) is 4.69. The third kappa shape index (κ3) is 3.79. The lowest BCUT2D eigenvalue weighted by Crippen LogP contribution is -2.25. The Morgan fingerprint density at radius 1 is 1.36 bits per heavy atom. The van der Waals surface area contributed by atoms with Crippen LogP contribution >= 0.6 is 0 Å². The molecular formula is C16H17N5O. The zero-order chi connectivity index (χ0) is 16.1. The van der Waals surface area contributed by atoms with Crippen molar-refractivity contribution in [3.05, 3.63) is 52.8 Å². The first kappa shape index (κ1) is 15.4. The van der Waals surface area contributed by atoms with E-state index in [-0.39, 0.29) is 12.5 Å². The van der Waals surface area contributed by atoms with Crippen LogP contribution in [0.1, 0.15) is 29.4 Å². The molecule has 1 aromatic heterocycles. The number of nitrogens with one attached hydrogen (secondary N) is 1. The summed E-state index contributed by atoms with van der Waals surface area (Å²) in [5.74, 6) is -0.237. The van der Waals surface area contributed by atoms with Crippen LogP contribution in [0.25, 0.3) is 0 Å². The van der Waals surface area contributed by atoms with Crippen LogP contribution < -0.4 is 5.43 Å². The molecule has 0 spiro atoms. The number of aromatic nitrogens is 2. The highest BCUT2D eigenvalue weighted by atomic mass is 16.2. The normalized spacial score (nSPS) is 11.1. The molecule has 6 heteroatoms. The predicted octanol–water partition coefficient (Wildman–Crippen LogP) is 1.91. The van der Waals surface area contributed by atoms with Gasteiger partial charge in [0.15, 0.2) is 0 Å². The minimum atomic E-state index is -0.237. The van der Waals surface area contributed by atoms with E-state index in [9.17, 15) is 4.79 Å². The number of aryl methyl sites for hydroxylation is 2. The van der Waals surface area contributed by atoms with Crippen molar-refractivity contribution in [3.63, 3.8) is 0 Å². The molecule has 6 nitrogen and oxygen atoms in total. The smallest absolute Gasteiger partial charge is 0.261 e. The number of hydrogen-bond donors (Lipinski definition) is 1. The summed E-state index contributed by atoms with van der Waals surface area (Å²) in [4.78, 5) is 11.9. The molecule has 0 atom stereocenters. The summed E-state index contributed by atoms with van der Waals surface area (Å²) >= 11 is 0. The van der Waals surface area contributed by atoms with Crippen LogP contribution in [0.3, 0.4) is 0 Å². The standard InChI is InChI=1S/C16H17N5O/c1-11-8-12(2)21(20-11)10-16(22)19-18-13(3)15-6-4-14(9-17)5-7-15/h4-8H,10H2,1-3H3,(H,19,22)/b18-13+. The van der Waals surface area contributed by atoms with E-state index >= 15 is 0 Å². The number of rotatable bonds is 4. The Morgan fingerprint density at radius 2 is 2.05 bits per heavy atom. The van der Waals surface area contributed by atoms with Crippen molar-refractivity contribution >= 4 is 11.6 Å². The Hall–Kier alpha value is -2.94. The lowest BCUT2D eigenvalue weighted by atomic mass is 10.1. The lowest BCUT2D eigenvalue weighted by molar-refractivity contribution is -0.121. The van der Waals surface area contributed by atoms with Crippen molar-refractivity contribution < 1.29 is 4.79 Å². The van der Waals surface area contributed by atoms with Crippen LogP contribution in [-0.2, 0) is 11.3 Å². The van der Waals surface area contributed by atoms with Gasteiger partial charge in [0.2, 0.25) is 0 Å². The zero-order valence-corrected chi connectivity index (χ0v) is 12.8. The second-order valence-electron chi connectivity index (χ2n) is 5.01. The van der Waals surface area contributed by atoms with E-state index in [1.165, 1.54) is 0 Å². The number of nitriles is 1. The predicted molar refractivity (Wildman–Crippen MR) is 83.2 cm³/mol. The molecule has 1 heterocycles. The number of carbonyl (C=O) groups excluding carboxylic acids is 1. The van der Waals surface area contributed by atoms with Gasteiger partial charge in [0.05, 0.1) is 23.0 Å². The minimum Gasteiger partial charge on any atom is -0.271 e. The fourth-order valence-electron chi connectivity index (χ4n) is 2.00. The van der Waals surface area contributed by atoms with Crippen molar-refractivity contribution in [2.45, 2.75) is 27.3 Å². The molecule has 0 aliphatic rings. The maximum atomic E-state index is 11.9. The highest BCUT2D eigenvalue weighted by molar-refractivity contribution is 5.99. The average molecular weight is 295 g/mol. The van der Waals surface area contributed by atoms with E-state index < -0.39 is 0 Å². The van der Waals surface area contributed by atoms with Crippen LogP contribution in [0.2, 0.25) is 0 Å². The number of carbonyl (C=O) groups is 1. The van der Waals surface area contributed by atoms with E-state index in [1.807, 2.05) is 19.9 Å². The average Bonchev–Trinajstić information content (AvgIpc) is 2.82. The summed E-state index contributed by atoms with van der Waals surface area (Å²) in [7, 11) is 0. The van der Waals surface area contributed by atoms with Crippen LogP contribution in [0, 0.1) is 25.2 Å². The second kappa shape index (κ2) is 6.68. The highest BCUT2D eigenvalue weighted by Gasteiger charge is 2.06. The van der Waals surface area contributed by atoms with Gasteiger partial charge in [0.25, 0.3) is 5.91 Å². The molecule has 0 saturated carbocycles. The molecule has 0 fully saturated rings. The molecule has 112 valence electrons. The first-order chi connectivity index (χ1) is 10.5. The van der Waals surface area contributed by atoms with E-state index in [1.54, 1.807) is 35.9 Å². The third-order valence-electron chi connectivity index (χ3n) is 3.18. The fraction of sp³-hybridized carbons (Fsp3) is 0.250. The highest BCUT2D eigenvalue weighted by Crippen LogP contribution is 2.05. The Morgan fingerprint density at radius 3 is 2.59 bits per heavy atom. The summed E-state index contributed by atoms with van der Waals surface area (Å²) in [6.07, 6.45) is 0. The summed E-state index contributed by atoms with van der Waals surface area (Å²) in [5, 5.41) is 17.1. The van der Waals surface area contributed by atoms with Gasteiger partial charge in [-0.2, -0.15) is 15.5 Å². The van der Waals surface area contributed by atoms with Gasteiger partial charge in [-0.3, -0.25) is 9.48 Å². The van der Waals surface area contributed by atoms with Crippen molar-refractivity contribution in [2.75, 3.05) is 0 Å². The molecular weight excluding hydrogens is 278 g/mol. The van der Waals surface area contributed by atoms with Gasteiger partial charge in [-0.05, 0) is 44.5 Å². The monoisotopic (exact) mass is 295 g/mol.